The van der Waals surface area contributed by atoms with Crippen molar-refractivity contribution in [3.63, 3.8) is 0 Å². The van der Waals surface area contributed by atoms with Crippen LogP contribution in [0.15, 0.2) is 18.2 Å². The highest BCUT2D eigenvalue weighted by atomic mass is 16.4. The van der Waals surface area contributed by atoms with Gasteiger partial charge in [-0.25, -0.2) is 0 Å². The van der Waals surface area contributed by atoms with E-state index in [2.05, 4.69) is 5.32 Å². The SMILES string of the molecule is CNC(Cc1ccc(O)c(O)c1)C(=O)O.O. The molecule has 0 fully saturated rings. The summed E-state index contributed by atoms with van der Waals surface area (Å²) in [4.78, 5) is 10.7. The molecule has 0 aliphatic rings. The first kappa shape index (κ1) is 14.2. The van der Waals surface area contributed by atoms with Crippen molar-refractivity contribution in [3.05, 3.63) is 23.8 Å². The smallest absolute Gasteiger partial charge is 0.321 e. The molecule has 90 valence electrons. The topological polar surface area (TPSA) is 121 Å². The third-order valence-corrected chi connectivity index (χ3v) is 2.13. The lowest BCUT2D eigenvalue weighted by atomic mass is 10.1. The molecule has 0 heterocycles. The number of phenols is 2. The summed E-state index contributed by atoms with van der Waals surface area (Å²) >= 11 is 0. The Morgan fingerprint density at radius 1 is 1.38 bits per heavy atom. The van der Waals surface area contributed by atoms with Gasteiger partial charge >= 0.3 is 5.97 Å². The molecule has 1 aromatic carbocycles. The first-order chi connectivity index (χ1) is 7.04. The molecular weight excluding hydrogens is 214 g/mol. The van der Waals surface area contributed by atoms with Gasteiger partial charge in [0.15, 0.2) is 11.5 Å². The van der Waals surface area contributed by atoms with Gasteiger partial charge in [-0.3, -0.25) is 4.79 Å². The van der Waals surface area contributed by atoms with E-state index >= 15 is 0 Å². The lowest BCUT2D eigenvalue weighted by molar-refractivity contribution is -0.139. The number of rotatable bonds is 4. The highest BCUT2D eigenvalue weighted by molar-refractivity contribution is 5.73. The Labute approximate surface area is 92.5 Å². The van der Waals surface area contributed by atoms with Crippen molar-refractivity contribution in [2.75, 3.05) is 7.05 Å². The quantitative estimate of drug-likeness (QED) is 0.518. The Bertz CT molecular complexity index is 366. The summed E-state index contributed by atoms with van der Waals surface area (Å²) in [7, 11) is 1.55. The molecule has 0 saturated heterocycles. The van der Waals surface area contributed by atoms with Crippen molar-refractivity contribution >= 4 is 5.97 Å². The van der Waals surface area contributed by atoms with Gasteiger partial charge in [0.1, 0.15) is 6.04 Å². The van der Waals surface area contributed by atoms with Gasteiger partial charge in [0.05, 0.1) is 0 Å². The second-order valence-electron chi connectivity index (χ2n) is 3.21. The van der Waals surface area contributed by atoms with Crippen molar-refractivity contribution in [1.29, 1.82) is 0 Å². The van der Waals surface area contributed by atoms with Crippen LogP contribution in [0.5, 0.6) is 11.5 Å². The Hall–Kier alpha value is -1.79. The molecule has 0 spiro atoms. The van der Waals surface area contributed by atoms with E-state index in [1.165, 1.54) is 12.1 Å². The summed E-state index contributed by atoms with van der Waals surface area (Å²) in [5, 5.41) is 29.7. The molecule has 0 bridgehead atoms. The van der Waals surface area contributed by atoms with Crippen LogP contribution >= 0.6 is 0 Å². The van der Waals surface area contributed by atoms with Crippen LogP contribution in [0.3, 0.4) is 0 Å². The van der Waals surface area contributed by atoms with E-state index in [0.717, 1.165) is 0 Å². The Balaban J connectivity index is 0.00000225. The molecule has 0 aromatic heterocycles. The van der Waals surface area contributed by atoms with Gasteiger partial charge in [-0.2, -0.15) is 0 Å². The van der Waals surface area contributed by atoms with E-state index in [1.54, 1.807) is 13.1 Å². The summed E-state index contributed by atoms with van der Waals surface area (Å²) in [5.74, 6) is -1.41. The number of carboxylic acid groups (broad SMARTS) is 1. The Morgan fingerprint density at radius 3 is 2.44 bits per heavy atom. The summed E-state index contributed by atoms with van der Waals surface area (Å²) in [6, 6.07) is 3.55. The zero-order valence-corrected chi connectivity index (χ0v) is 8.77. The number of likely N-dealkylation sites (N-methyl/N-ethyl adjacent to an activating group) is 1. The van der Waals surface area contributed by atoms with Gasteiger partial charge in [0.2, 0.25) is 0 Å². The largest absolute Gasteiger partial charge is 0.504 e. The number of carbonyl (C=O) groups is 1. The van der Waals surface area contributed by atoms with E-state index in [9.17, 15) is 9.90 Å². The fraction of sp³-hybridized carbons (Fsp3) is 0.300. The number of hydrogen-bond donors (Lipinski definition) is 4. The minimum atomic E-state index is -0.954. The zero-order valence-electron chi connectivity index (χ0n) is 8.77. The van der Waals surface area contributed by atoms with Gasteiger partial charge in [0, 0.05) is 0 Å². The molecule has 16 heavy (non-hydrogen) atoms. The van der Waals surface area contributed by atoms with Crippen LogP contribution in [-0.2, 0) is 11.2 Å². The molecule has 0 amide bonds. The molecule has 6 heteroatoms. The number of hydrogen-bond acceptors (Lipinski definition) is 4. The fourth-order valence-electron chi connectivity index (χ4n) is 1.24. The molecule has 0 saturated carbocycles. The van der Waals surface area contributed by atoms with Crippen LogP contribution in [-0.4, -0.2) is 39.9 Å². The van der Waals surface area contributed by atoms with Crippen LogP contribution in [0.25, 0.3) is 0 Å². The second-order valence-corrected chi connectivity index (χ2v) is 3.21. The van der Waals surface area contributed by atoms with Gasteiger partial charge in [-0.15, -0.1) is 0 Å². The maximum Gasteiger partial charge on any atom is 0.321 e. The normalized spacial score (nSPS) is 11.6. The van der Waals surface area contributed by atoms with Crippen LogP contribution in [0.1, 0.15) is 5.56 Å². The van der Waals surface area contributed by atoms with E-state index < -0.39 is 12.0 Å². The van der Waals surface area contributed by atoms with Gasteiger partial charge in [-0.1, -0.05) is 6.07 Å². The van der Waals surface area contributed by atoms with Crippen LogP contribution in [0.2, 0.25) is 0 Å². The summed E-state index contributed by atoms with van der Waals surface area (Å²) < 4.78 is 0. The van der Waals surface area contributed by atoms with Crippen molar-refractivity contribution in [1.82, 2.24) is 5.32 Å². The monoisotopic (exact) mass is 229 g/mol. The third kappa shape index (κ3) is 3.41. The van der Waals surface area contributed by atoms with Crippen molar-refractivity contribution in [2.24, 2.45) is 0 Å². The van der Waals surface area contributed by atoms with Gasteiger partial charge < -0.3 is 26.1 Å². The molecule has 1 atom stereocenters. The summed E-state index contributed by atoms with van der Waals surface area (Å²) in [5.41, 5.74) is 0.645. The average molecular weight is 229 g/mol. The molecule has 6 N–H and O–H groups in total. The molecule has 1 aromatic rings. The maximum atomic E-state index is 10.7. The highest BCUT2D eigenvalue weighted by Gasteiger charge is 2.15. The summed E-state index contributed by atoms with van der Waals surface area (Å²) in [6.07, 6.45) is 0.250. The number of carboxylic acids is 1. The lowest BCUT2D eigenvalue weighted by Gasteiger charge is -2.11. The number of aliphatic carboxylic acids is 1. The number of benzene rings is 1. The van der Waals surface area contributed by atoms with Gasteiger partial charge in [-0.05, 0) is 31.2 Å². The van der Waals surface area contributed by atoms with Crippen LogP contribution in [0, 0.1) is 0 Å². The van der Waals surface area contributed by atoms with E-state index in [0.29, 0.717) is 5.56 Å². The average Bonchev–Trinajstić information content (AvgIpc) is 2.19. The zero-order chi connectivity index (χ0) is 11.4. The van der Waals surface area contributed by atoms with Crippen LogP contribution < -0.4 is 5.32 Å². The molecule has 1 rings (SSSR count). The lowest BCUT2D eigenvalue weighted by Crippen LogP contribution is -2.35. The minimum Gasteiger partial charge on any atom is -0.504 e. The predicted molar refractivity (Wildman–Crippen MR) is 57.6 cm³/mol. The standard InChI is InChI=1S/C10H13NO4.H2O/c1-11-7(10(14)15)4-6-2-3-8(12)9(13)5-6;/h2-3,5,7,11-13H,4H2,1H3,(H,14,15);1H2. The molecule has 0 aliphatic carbocycles. The Morgan fingerprint density at radius 2 is 2.00 bits per heavy atom. The minimum absolute atomic E-state index is 0. The first-order valence-corrected chi connectivity index (χ1v) is 4.45. The summed E-state index contributed by atoms with van der Waals surface area (Å²) in [6.45, 7) is 0. The van der Waals surface area contributed by atoms with Crippen molar-refractivity contribution in [2.45, 2.75) is 12.5 Å². The molecule has 6 nitrogen and oxygen atoms in total. The predicted octanol–water partition coefficient (Wildman–Crippen LogP) is -0.512. The van der Waals surface area contributed by atoms with E-state index in [-0.39, 0.29) is 23.4 Å². The third-order valence-electron chi connectivity index (χ3n) is 2.13. The number of aromatic hydroxyl groups is 2. The second kappa shape index (κ2) is 5.94. The van der Waals surface area contributed by atoms with Crippen molar-refractivity contribution in [3.8, 4) is 11.5 Å². The maximum absolute atomic E-state index is 10.7. The molecule has 0 radical (unpaired) electrons. The van der Waals surface area contributed by atoms with Crippen molar-refractivity contribution < 1.29 is 25.6 Å². The molecular formula is C10H15NO5. The van der Waals surface area contributed by atoms with E-state index in [4.69, 9.17) is 10.2 Å². The first-order valence-electron chi connectivity index (χ1n) is 4.45. The Kier molecular flexibility index (Phi) is 5.27. The van der Waals surface area contributed by atoms with Crippen LogP contribution in [0.4, 0.5) is 0 Å². The fourth-order valence-corrected chi connectivity index (χ4v) is 1.24. The highest BCUT2D eigenvalue weighted by Crippen LogP contribution is 2.25. The van der Waals surface area contributed by atoms with Gasteiger partial charge in [0.25, 0.3) is 0 Å². The van der Waals surface area contributed by atoms with E-state index in [1.807, 2.05) is 0 Å². The number of nitrogens with one attached hydrogen (secondary N) is 1. The molecule has 1 unspecified atom stereocenters. The number of phenolic OH excluding ortho intramolecular Hbond substituents is 2. The molecule has 0 aliphatic heterocycles.